The minimum absolute atomic E-state index is 0.0360. The molecular weight excluding hydrogens is 325 g/mol. The van der Waals surface area contributed by atoms with Crippen LogP contribution in [-0.4, -0.2) is 56.2 Å². The summed E-state index contributed by atoms with van der Waals surface area (Å²) in [5.41, 5.74) is 0. The third kappa shape index (κ3) is 7.37. The molecule has 1 saturated heterocycles. The minimum Gasteiger partial charge on any atom is -0.381 e. The predicted molar refractivity (Wildman–Crippen MR) is 75.5 cm³/mol. The number of ether oxygens (including phenoxy) is 1. The van der Waals surface area contributed by atoms with Crippen LogP contribution in [0.4, 0.5) is 0 Å². The zero-order valence-electron chi connectivity index (χ0n) is 12.2. The van der Waals surface area contributed by atoms with E-state index in [0.717, 1.165) is 7.11 Å². The van der Waals surface area contributed by atoms with Gasteiger partial charge in [0.25, 0.3) is 0 Å². The van der Waals surface area contributed by atoms with Gasteiger partial charge in [0.05, 0.1) is 25.4 Å². The molecule has 0 bridgehead atoms. The first-order valence-corrected chi connectivity index (χ1v) is 9.48. The molecule has 0 aromatic rings. The van der Waals surface area contributed by atoms with E-state index in [9.17, 15) is 14.0 Å². The molecule has 0 spiro atoms. The van der Waals surface area contributed by atoms with Gasteiger partial charge >= 0.3 is 15.6 Å². The molecule has 21 heavy (non-hydrogen) atoms. The van der Waals surface area contributed by atoms with E-state index in [2.05, 4.69) is 9.05 Å². The van der Waals surface area contributed by atoms with Gasteiger partial charge in [-0.05, 0) is 19.8 Å². The molecule has 0 aromatic carbocycles. The highest BCUT2D eigenvalue weighted by molar-refractivity contribution is 7.47. The van der Waals surface area contributed by atoms with E-state index < -0.39 is 21.7 Å². The molecule has 1 rings (SSSR count). The largest absolute Gasteiger partial charge is 0.472 e. The lowest BCUT2D eigenvalue weighted by Gasteiger charge is -2.19. The second-order valence-corrected chi connectivity index (χ2v) is 7.64. The molecule has 0 aromatic heterocycles. The summed E-state index contributed by atoms with van der Waals surface area (Å²) in [6, 6.07) is -0.0360. The monoisotopic (exact) mass is 346 g/mol. The van der Waals surface area contributed by atoms with Crippen molar-refractivity contribution in [3.63, 3.8) is 0 Å². The number of phosphoric ester groups is 2. The van der Waals surface area contributed by atoms with Crippen molar-refractivity contribution in [1.29, 1.82) is 0 Å². The number of hydrogen-bond acceptors (Lipinski definition) is 7. The number of hydrogen-bond donors (Lipinski definition) is 2. The van der Waals surface area contributed by atoms with Crippen molar-refractivity contribution in [3.8, 4) is 0 Å². The lowest BCUT2D eigenvalue weighted by atomic mass is 9.96. The summed E-state index contributed by atoms with van der Waals surface area (Å²) >= 11 is 0. The van der Waals surface area contributed by atoms with Crippen LogP contribution in [0, 0.1) is 0 Å². The lowest BCUT2D eigenvalue weighted by Crippen LogP contribution is -2.20. The van der Waals surface area contributed by atoms with E-state index in [1.807, 2.05) is 7.85 Å². The lowest BCUT2D eigenvalue weighted by molar-refractivity contribution is 0.0341. The van der Waals surface area contributed by atoms with Gasteiger partial charge in [-0.25, -0.2) is 9.13 Å². The summed E-state index contributed by atoms with van der Waals surface area (Å²) in [5.74, 6) is 0. The smallest absolute Gasteiger partial charge is 0.381 e. The Bertz CT molecular complexity index is 420. The van der Waals surface area contributed by atoms with Gasteiger partial charge in [0.15, 0.2) is 0 Å². The van der Waals surface area contributed by atoms with Gasteiger partial charge in [-0.15, -0.1) is 0 Å². The molecule has 0 aliphatic carbocycles. The van der Waals surface area contributed by atoms with Gasteiger partial charge < -0.3 is 14.5 Å². The third-order valence-corrected chi connectivity index (χ3v) is 4.85. The Labute approximate surface area is 124 Å². The van der Waals surface area contributed by atoms with Crippen molar-refractivity contribution in [2.45, 2.75) is 38.0 Å². The van der Waals surface area contributed by atoms with Crippen LogP contribution in [0.25, 0.3) is 0 Å². The van der Waals surface area contributed by atoms with E-state index in [0.29, 0.717) is 6.42 Å². The first-order chi connectivity index (χ1) is 9.65. The summed E-state index contributed by atoms with van der Waals surface area (Å²) < 4.78 is 46.6. The molecule has 0 amide bonds. The highest BCUT2D eigenvalue weighted by atomic mass is 31.2. The summed E-state index contributed by atoms with van der Waals surface area (Å²) in [4.78, 5) is 18.5. The summed E-state index contributed by atoms with van der Waals surface area (Å²) in [7, 11) is -5.33. The van der Waals surface area contributed by atoms with Crippen LogP contribution in [0.15, 0.2) is 0 Å². The van der Waals surface area contributed by atoms with Gasteiger partial charge in [-0.3, -0.25) is 18.1 Å². The zero-order valence-corrected chi connectivity index (χ0v) is 14.0. The maximum atomic E-state index is 11.7. The average Bonchev–Trinajstić information content (AvgIpc) is 2.66. The van der Waals surface area contributed by atoms with Crippen LogP contribution < -0.4 is 0 Å². The topological polar surface area (TPSA) is 121 Å². The quantitative estimate of drug-likeness (QED) is 0.347. The van der Waals surface area contributed by atoms with Crippen molar-refractivity contribution in [2.24, 2.45) is 0 Å². The van der Waals surface area contributed by atoms with Gasteiger partial charge in [0.2, 0.25) is 0 Å². The molecule has 1 heterocycles. The average molecular weight is 346 g/mol. The Kier molecular flexibility index (Phi) is 7.53. The van der Waals surface area contributed by atoms with Crippen LogP contribution in [-0.2, 0) is 32.0 Å². The molecular formula is C9H21BO9P2. The van der Waals surface area contributed by atoms with Crippen LogP contribution in [0.2, 0.25) is 0 Å². The molecule has 0 saturated carbocycles. The van der Waals surface area contributed by atoms with Crippen LogP contribution in [0.3, 0.4) is 0 Å². The Morgan fingerprint density at radius 2 is 1.81 bits per heavy atom. The van der Waals surface area contributed by atoms with E-state index in [1.54, 1.807) is 6.92 Å². The SMILES string of the molecule is BC1CC(OP(=O)(O)OCCCOP(=O)(O)OC)C(C)O1. The van der Waals surface area contributed by atoms with Crippen molar-refractivity contribution in [3.05, 3.63) is 0 Å². The maximum Gasteiger partial charge on any atom is 0.472 e. The fourth-order valence-electron chi connectivity index (χ4n) is 1.83. The van der Waals surface area contributed by atoms with Crippen LogP contribution in [0.1, 0.15) is 19.8 Å². The molecule has 2 N–H and O–H groups in total. The highest BCUT2D eigenvalue weighted by Gasteiger charge is 2.36. The standard InChI is InChI=1S/C9H21BO9P2/c1-7-8(6-9(10)18-7)19-21(13,14)17-5-3-4-16-20(11,12)15-2/h7-9H,3-6,10H2,1-2H3,(H,11,12)(H,13,14). The molecule has 124 valence electrons. The summed E-state index contributed by atoms with van der Waals surface area (Å²) in [6.07, 6.45) is -0.137. The first-order valence-electron chi connectivity index (χ1n) is 6.49. The normalized spacial score (nSPS) is 31.7. The van der Waals surface area contributed by atoms with E-state index in [-0.39, 0.29) is 31.7 Å². The second kappa shape index (κ2) is 8.20. The van der Waals surface area contributed by atoms with Gasteiger partial charge in [0.1, 0.15) is 7.85 Å². The molecule has 9 nitrogen and oxygen atoms in total. The molecule has 1 aliphatic rings. The minimum atomic E-state index is -4.19. The fourth-order valence-corrected chi connectivity index (χ4v) is 3.32. The highest BCUT2D eigenvalue weighted by Crippen LogP contribution is 2.47. The molecule has 1 fully saturated rings. The van der Waals surface area contributed by atoms with Gasteiger partial charge in [-0.1, -0.05) is 0 Å². The van der Waals surface area contributed by atoms with E-state index in [4.69, 9.17) is 18.7 Å². The summed E-state index contributed by atoms with van der Waals surface area (Å²) in [5, 5.41) is 0. The number of phosphoric acid groups is 2. The van der Waals surface area contributed by atoms with Crippen molar-refractivity contribution < 1.29 is 41.7 Å². The Hall–Kier alpha value is 0.245. The molecule has 0 radical (unpaired) electrons. The third-order valence-electron chi connectivity index (χ3n) is 2.83. The first kappa shape index (κ1) is 19.3. The van der Waals surface area contributed by atoms with Crippen molar-refractivity contribution in [2.75, 3.05) is 20.3 Å². The molecule has 5 atom stereocenters. The van der Waals surface area contributed by atoms with Crippen LogP contribution in [0.5, 0.6) is 0 Å². The van der Waals surface area contributed by atoms with Crippen molar-refractivity contribution in [1.82, 2.24) is 0 Å². The molecule has 1 aliphatic heterocycles. The Balaban J connectivity index is 2.24. The number of rotatable bonds is 9. The second-order valence-electron chi connectivity index (χ2n) is 4.67. The molecule has 12 heteroatoms. The van der Waals surface area contributed by atoms with E-state index in [1.165, 1.54) is 0 Å². The van der Waals surface area contributed by atoms with Crippen LogP contribution >= 0.6 is 15.6 Å². The van der Waals surface area contributed by atoms with Gasteiger partial charge in [-0.2, -0.15) is 0 Å². The maximum absolute atomic E-state index is 11.7. The Morgan fingerprint density at radius 1 is 1.24 bits per heavy atom. The fraction of sp³-hybridized carbons (Fsp3) is 1.00. The predicted octanol–water partition coefficient (Wildman–Crippen LogP) is 0.410. The zero-order chi connectivity index (χ0) is 16.1. The van der Waals surface area contributed by atoms with E-state index >= 15 is 0 Å². The van der Waals surface area contributed by atoms with Crippen molar-refractivity contribution >= 4 is 23.5 Å². The summed E-state index contributed by atoms with van der Waals surface area (Å²) in [6.45, 7) is 1.45. The molecule has 5 unspecified atom stereocenters. The Morgan fingerprint density at radius 3 is 2.29 bits per heavy atom. The van der Waals surface area contributed by atoms with Gasteiger partial charge in [0, 0.05) is 13.1 Å².